The van der Waals surface area contributed by atoms with Crippen molar-refractivity contribution in [2.75, 3.05) is 19.0 Å². The Morgan fingerprint density at radius 2 is 1.80 bits per heavy atom. The van der Waals surface area contributed by atoms with E-state index in [0.29, 0.717) is 0 Å². The van der Waals surface area contributed by atoms with Gasteiger partial charge in [-0.1, -0.05) is 12.1 Å². The smallest absolute Gasteiger partial charge is 0.0945 e. The van der Waals surface area contributed by atoms with E-state index >= 15 is 0 Å². The molecular formula is C12H16N2O. The van der Waals surface area contributed by atoms with Crippen molar-refractivity contribution in [3.8, 4) is 6.07 Å². The summed E-state index contributed by atoms with van der Waals surface area (Å²) in [5.74, 6) is -0.379. The lowest BCUT2D eigenvalue weighted by atomic mass is 9.98. The summed E-state index contributed by atoms with van der Waals surface area (Å²) in [6, 6.07) is 9.62. The number of hydrogen-bond donors (Lipinski definition) is 1. The average molecular weight is 204 g/mol. The predicted octanol–water partition coefficient (Wildman–Crippen LogP) is 1.95. The molecule has 0 fully saturated rings. The Kier molecular flexibility index (Phi) is 3.70. The van der Waals surface area contributed by atoms with Gasteiger partial charge < -0.3 is 10.0 Å². The second kappa shape index (κ2) is 4.81. The maximum atomic E-state index is 9.78. The van der Waals surface area contributed by atoms with Crippen LogP contribution in [0.3, 0.4) is 0 Å². The highest BCUT2D eigenvalue weighted by Crippen LogP contribution is 2.23. The summed E-state index contributed by atoms with van der Waals surface area (Å²) in [5, 5.41) is 18.5. The number of benzene rings is 1. The van der Waals surface area contributed by atoms with Gasteiger partial charge in [0.1, 0.15) is 0 Å². The van der Waals surface area contributed by atoms with Crippen LogP contribution in [0.25, 0.3) is 0 Å². The molecule has 0 heterocycles. The first-order chi connectivity index (χ1) is 7.06. The molecule has 1 aromatic carbocycles. The fourth-order valence-corrected chi connectivity index (χ4v) is 1.33. The lowest BCUT2D eigenvalue weighted by Crippen LogP contribution is -2.10. The van der Waals surface area contributed by atoms with Crippen LogP contribution >= 0.6 is 0 Å². The molecule has 0 saturated heterocycles. The fourth-order valence-electron chi connectivity index (χ4n) is 1.33. The van der Waals surface area contributed by atoms with Crippen molar-refractivity contribution < 1.29 is 5.11 Å². The molecule has 0 aromatic heterocycles. The Hall–Kier alpha value is -1.53. The molecule has 2 unspecified atom stereocenters. The topological polar surface area (TPSA) is 47.3 Å². The molecule has 0 aliphatic rings. The number of anilines is 1. The Balaban J connectivity index is 2.85. The Labute approximate surface area is 90.6 Å². The first-order valence-corrected chi connectivity index (χ1v) is 4.91. The molecule has 2 atom stereocenters. The molecule has 15 heavy (non-hydrogen) atoms. The summed E-state index contributed by atoms with van der Waals surface area (Å²) in [7, 11) is 3.92. The number of nitriles is 1. The van der Waals surface area contributed by atoms with E-state index in [1.54, 1.807) is 6.92 Å². The van der Waals surface area contributed by atoms with Crippen molar-refractivity contribution in [2.45, 2.75) is 13.0 Å². The van der Waals surface area contributed by atoms with Gasteiger partial charge >= 0.3 is 0 Å². The molecule has 1 aromatic rings. The highest BCUT2D eigenvalue weighted by Gasteiger charge is 2.15. The van der Waals surface area contributed by atoms with Crippen LogP contribution in [0.15, 0.2) is 24.3 Å². The zero-order valence-corrected chi connectivity index (χ0v) is 9.31. The maximum absolute atomic E-state index is 9.78. The SMILES string of the molecule is CC(C#N)C(O)c1ccc(N(C)C)cc1. The van der Waals surface area contributed by atoms with Crippen LogP contribution in [-0.2, 0) is 0 Å². The Morgan fingerprint density at radius 3 is 2.20 bits per heavy atom. The second-order valence-corrected chi connectivity index (χ2v) is 3.85. The van der Waals surface area contributed by atoms with Gasteiger partial charge in [0.25, 0.3) is 0 Å². The normalized spacial score (nSPS) is 14.1. The molecule has 1 N–H and O–H groups in total. The zero-order valence-electron chi connectivity index (χ0n) is 9.31. The minimum absolute atomic E-state index is 0.379. The molecule has 0 saturated carbocycles. The molecule has 0 radical (unpaired) electrons. The second-order valence-electron chi connectivity index (χ2n) is 3.85. The minimum Gasteiger partial charge on any atom is -0.387 e. The monoisotopic (exact) mass is 204 g/mol. The van der Waals surface area contributed by atoms with Crippen LogP contribution in [0.2, 0.25) is 0 Å². The lowest BCUT2D eigenvalue weighted by molar-refractivity contribution is 0.143. The first kappa shape index (κ1) is 11.5. The van der Waals surface area contributed by atoms with Crippen molar-refractivity contribution in [3.05, 3.63) is 29.8 Å². The Bertz CT molecular complexity index is 351. The molecule has 0 spiro atoms. The Morgan fingerprint density at radius 1 is 1.27 bits per heavy atom. The third-order valence-electron chi connectivity index (χ3n) is 2.43. The zero-order chi connectivity index (χ0) is 11.4. The first-order valence-electron chi connectivity index (χ1n) is 4.91. The molecule has 1 rings (SSSR count). The third-order valence-corrected chi connectivity index (χ3v) is 2.43. The van der Waals surface area contributed by atoms with Gasteiger partial charge in [0.2, 0.25) is 0 Å². The van der Waals surface area contributed by atoms with Gasteiger partial charge in [-0.3, -0.25) is 0 Å². The summed E-state index contributed by atoms with van der Waals surface area (Å²) in [6.07, 6.45) is -0.703. The number of aliphatic hydroxyl groups is 1. The molecule has 0 bridgehead atoms. The highest BCUT2D eigenvalue weighted by molar-refractivity contribution is 5.46. The van der Waals surface area contributed by atoms with E-state index in [1.165, 1.54) is 0 Å². The van der Waals surface area contributed by atoms with Gasteiger partial charge in [-0.2, -0.15) is 5.26 Å². The van der Waals surface area contributed by atoms with Crippen LogP contribution in [0.4, 0.5) is 5.69 Å². The van der Waals surface area contributed by atoms with Crippen molar-refractivity contribution >= 4 is 5.69 Å². The highest BCUT2D eigenvalue weighted by atomic mass is 16.3. The van der Waals surface area contributed by atoms with Crippen molar-refractivity contribution in [3.63, 3.8) is 0 Å². The average Bonchev–Trinajstić information content (AvgIpc) is 2.27. The van der Waals surface area contributed by atoms with Crippen LogP contribution in [0, 0.1) is 17.2 Å². The molecule has 0 aliphatic carbocycles. The molecule has 0 aliphatic heterocycles. The van der Waals surface area contributed by atoms with E-state index < -0.39 is 6.10 Å². The molecule has 3 heteroatoms. The summed E-state index contributed by atoms with van der Waals surface area (Å²) in [4.78, 5) is 1.99. The fraction of sp³-hybridized carbons (Fsp3) is 0.417. The van der Waals surface area contributed by atoms with E-state index in [2.05, 4.69) is 0 Å². The van der Waals surface area contributed by atoms with E-state index in [4.69, 9.17) is 5.26 Å². The van der Waals surface area contributed by atoms with E-state index in [1.807, 2.05) is 49.3 Å². The summed E-state index contributed by atoms with van der Waals surface area (Å²) in [6.45, 7) is 1.71. The number of hydrogen-bond acceptors (Lipinski definition) is 3. The van der Waals surface area contributed by atoms with Gasteiger partial charge in [0.05, 0.1) is 18.1 Å². The van der Waals surface area contributed by atoms with Gasteiger partial charge in [-0.25, -0.2) is 0 Å². The van der Waals surface area contributed by atoms with Gasteiger partial charge in [-0.15, -0.1) is 0 Å². The van der Waals surface area contributed by atoms with Crippen LogP contribution in [0.1, 0.15) is 18.6 Å². The van der Waals surface area contributed by atoms with Gasteiger partial charge in [-0.05, 0) is 24.6 Å². The quantitative estimate of drug-likeness (QED) is 0.818. The minimum atomic E-state index is -0.703. The standard InChI is InChI=1S/C12H16N2O/c1-9(8-13)12(15)10-4-6-11(7-5-10)14(2)3/h4-7,9,12,15H,1-3H3. The summed E-state index contributed by atoms with van der Waals surface area (Å²) < 4.78 is 0. The van der Waals surface area contributed by atoms with Gasteiger partial charge in [0, 0.05) is 19.8 Å². The van der Waals surface area contributed by atoms with Crippen molar-refractivity contribution in [2.24, 2.45) is 5.92 Å². The molecule has 0 amide bonds. The van der Waals surface area contributed by atoms with Gasteiger partial charge in [0.15, 0.2) is 0 Å². The number of nitrogens with zero attached hydrogens (tertiary/aromatic N) is 2. The molecule has 80 valence electrons. The largest absolute Gasteiger partial charge is 0.387 e. The van der Waals surface area contributed by atoms with Crippen LogP contribution < -0.4 is 4.90 Å². The maximum Gasteiger partial charge on any atom is 0.0945 e. The molecular weight excluding hydrogens is 188 g/mol. The lowest BCUT2D eigenvalue weighted by Gasteiger charge is -2.16. The van der Waals surface area contributed by atoms with E-state index in [0.717, 1.165) is 11.3 Å². The van der Waals surface area contributed by atoms with E-state index in [9.17, 15) is 5.11 Å². The van der Waals surface area contributed by atoms with E-state index in [-0.39, 0.29) is 5.92 Å². The summed E-state index contributed by atoms with van der Waals surface area (Å²) >= 11 is 0. The number of aliphatic hydroxyl groups excluding tert-OH is 1. The van der Waals surface area contributed by atoms with Crippen molar-refractivity contribution in [1.29, 1.82) is 5.26 Å². The predicted molar refractivity (Wildman–Crippen MR) is 60.5 cm³/mol. The summed E-state index contributed by atoms with van der Waals surface area (Å²) in [5.41, 5.74) is 1.87. The molecule has 3 nitrogen and oxygen atoms in total. The number of rotatable bonds is 3. The van der Waals surface area contributed by atoms with Crippen LogP contribution in [0.5, 0.6) is 0 Å². The third kappa shape index (κ3) is 2.71. The van der Waals surface area contributed by atoms with Crippen molar-refractivity contribution in [1.82, 2.24) is 0 Å². The van der Waals surface area contributed by atoms with Crippen LogP contribution in [-0.4, -0.2) is 19.2 Å².